The zero-order valence-electron chi connectivity index (χ0n) is 12.6. The number of benzene rings is 2. The van der Waals surface area contributed by atoms with Crippen LogP contribution in [0.25, 0.3) is 11.3 Å². The van der Waals surface area contributed by atoms with Crippen molar-refractivity contribution < 1.29 is 9.13 Å². The predicted octanol–water partition coefficient (Wildman–Crippen LogP) is 4.12. The van der Waals surface area contributed by atoms with Gasteiger partial charge in [0.05, 0.1) is 12.8 Å². The highest BCUT2D eigenvalue weighted by Crippen LogP contribution is 2.22. The maximum Gasteiger partial charge on any atom is 0.123 e. The van der Waals surface area contributed by atoms with E-state index >= 15 is 0 Å². The molecule has 0 bridgehead atoms. The maximum absolute atomic E-state index is 13.1. The second-order valence-electron chi connectivity index (χ2n) is 5.25. The number of aromatic amines is 1. The lowest BCUT2D eigenvalue weighted by atomic mass is 10.0. The molecule has 3 rings (SSSR count). The molecule has 4 heteroatoms. The first kappa shape index (κ1) is 14.3. The van der Waals surface area contributed by atoms with Crippen molar-refractivity contribution in [2.45, 2.75) is 13.3 Å². The number of hydrogen-bond acceptors (Lipinski definition) is 2. The molecule has 0 radical (unpaired) electrons. The molecule has 1 heterocycles. The zero-order valence-corrected chi connectivity index (χ0v) is 12.6. The minimum absolute atomic E-state index is 0.204. The van der Waals surface area contributed by atoms with Gasteiger partial charge in [0, 0.05) is 17.7 Å². The molecule has 1 N–H and O–H groups in total. The highest BCUT2D eigenvalue weighted by Gasteiger charge is 2.07. The first-order chi connectivity index (χ1) is 10.7. The summed E-state index contributed by atoms with van der Waals surface area (Å²) in [7, 11) is 1.65. The van der Waals surface area contributed by atoms with E-state index in [0.717, 1.165) is 33.8 Å². The number of aryl methyl sites for hydroxylation is 1. The Morgan fingerprint density at radius 1 is 1.09 bits per heavy atom. The number of nitrogens with zero attached hydrogens (tertiary/aromatic N) is 1. The Morgan fingerprint density at radius 3 is 2.55 bits per heavy atom. The quantitative estimate of drug-likeness (QED) is 0.786. The van der Waals surface area contributed by atoms with Crippen molar-refractivity contribution in [3.8, 4) is 17.0 Å². The Balaban J connectivity index is 1.81. The molecule has 0 saturated carbocycles. The second kappa shape index (κ2) is 6.02. The van der Waals surface area contributed by atoms with Crippen LogP contribution in [0.3, 0.4) is 0 Å². The summed E-state index contributed by atoms with van der Waals surface area (Å²) in [5, 5.41) is 7.39. The van der Waals surface area contributed by atoms with E-state index in [1.54, 1.807) is 13.2 Å². The Labute approximate surface area is 128 Å². The molecule has 112 valence electrons. The van der Waals surface area contributed by atoms with E-state index in [2.05, 4.69) is 10.2 Å². The first-order valence-corrected chi connectivity index (χ1v) is 7.09. The minimum atomic E-state index is -0.204. The molecule has 3 nitrogen and oxygen atoms in total. The number of ether oxygens (including phenoxy) is 1. The van der Waals surface area contributed by atoms with Crippen molar-refractivity contribution in [1.29, 1.82) is 0 Å². The fraction of sp³-hybridized carbons (Fsp3) is 0.167. The van der Waals surface area contributed by atoms with E-state index in [9.17, 15) is 4.39 Å². The third kappa shape index (κ3) is 3.01. The lowest BCUT2D eigenvalue weighted by molar-refractivity contribution is 0.415. The van der Waals surface area contributed by atoms with Crippen molar-refractivity contribution in [2.75, 3.05) is 7.11 Å². The smallest absolute Gasteiger partial charge is 0.123 e. The topological polar surface area (TPSA) is 37.9 Å². The van der Waals surface area contributed by atoms with Crippen LogP contribution in [0.15, 0.2) is 48.5 Å². The van der Waals surface area contributed by atoms with Gasteiger partial charge in [-0.25, -0.2) is 4.39 Å². The maximum atomic E-state index is 13.1. The fourth-order valence-corrected chi connectivity index (χ4v) is 2.42. The fourth-order valence-electron chi connectivity index (χ4n) is 2.42. The Morgan fingerprint density at radius 2 is 1.86 bits per heavy atom. The summed E-state index contributed by atoms with van der Waals surface area (Å²) in [4.78, 5) is 0. The molecule has 0 spiro atoms. The molecule has 0 amide bonds. The van der Waals surface area contributed by atoms with Gasteiger partial charge >= 0.3 is 0 Å². The Bertz CT molecular complexity index is 778. The summed E-state index contributed by atoms with van der Waals surface area (Å²) < 4.78 is 18.3. The van der Waals surface area contributed by atoms with Crippen LogP contribution in [0.1, 0.15) is 16.8 Å². The van der Waals surface area contributed by atoms with Crippen molar-refractivity contribution in [2.24, 2.45) is 0 Å². The van der Waals surface area contributed by atoms with Gasteiger partial charge in [-0.15, -0.1) is 0 Å². The van der Waals surface area contributed by atoms with Crippen LogP contribution in [0.4, 0.5) is 4.39 Å². The van der Waals surface area contributed by atoms with Crippen molar-refractivity contribution in [1.82, 2.24) is 10.2 Å². The van der Waals surface area contributed by atoms with Crippen LogP contribution < -0.4 is 4.74 Å². The molecular formula is C18H17FN2O. The van der Waals surface area contributed by atoms with E-state index in [1.807, 2.05) is 43.3 Å². The van der Waals surface area contributed by atoms with E-state index in [4.69, 9.17) is 4.74 Å². The number of hydrogen-bond donors (Lipinski definition) is 1. The summed E-state index contributed by atoms with van der Waals surface area (Å²) in [6, 6.07) is 14.6. The van der Waals surface area contributed by atoms with Gasteiger partial charge in [0.25, 0.3) is 0 Å². The van der Waals surface area contributed by atoms with Gasteiger partial charge in [0.1, 0.15) is 11.6 Å². The molecule has 0 saturated heterocycles. The van der Waals surface area contributed by atoms with Crippen molar-refractivity contribution in [3.05, 3.63) is 71.2 Å². The highest BCUT2D eigenvalue weighted by atomic mass is 19.1. The largest absolute Gasteiger partial charge is 0.497 e. The molecule has 22 heavy (non-hydrogen) atoms. The van der Waals surface area contributed by atoms with E-state index < -0.39 is 0 Å². The third-order valence-electron chi connectivity index (χ3n) is 3.70. The molecule has 0 atom stereocenters. The molecule has 1 aromatic heterocycles. The average molecular weight is 296 g/mol. The summed E-state index contributed by atoms with van der Waals surface area (Å²) in [5.74, 6) is 0.617. The van der Waals surface area contributed by atoms with Crippen LogP contribution in [-0.2, 0) is 6.42 Å². The molecule has 0 aliphatic heterocycles. The standard InChI is InChI=1S/C18H17FN2O/c1-12-9-15(19)6-3-14(12)10-16-11-18(21-20-16)13-4-7-17(22-2)8-5-13/h3-9,11H,10H2,1-2H3,(H,20,21). The van der Waals surface area contributed by atoms with Crippen molar-refractivity contribution >= 4 is 0 Å². The predicted molar refractivity (Wildman–Crippen MR) is 84.5 cm³/mol. The van der Waals surface area contributed by atoms with Gasteiger partial charge in [-0.3, -0.25) is 5.10 Å². The summed E-state index contributed by atoms with van der Waals surface area (Å²) >= 11 is 0. The van der Waals surface area contributed by atoms with E-state index in [1.165, 1.54) is 6.07 Å². The number of rotatable bonds is 4. The SMILES string of the molecule is COc1ccc(-c2cc(Cc3ccc(F)cc3C)[nH]n2)cc1. The number of halogens is 1. The highest BCUT2D eigenvalue weighted by molar-refractivity contribution is 5.60. The summed E-state index contributed by atoms with van der Waals surface area (Å²) in [6.07, 6.45) is 0.704. The van der Waals surface area contributed by atoms with Crippen LogP contribution in [0, 0.1) is 12.7 Å². The Kier molecular flexibility index (Phi) is 3.92. The van der Waals surface area contributed by atoms with Crippen LogP contribution in [0.5, 0.6) is 5.75 Å². The summed E-state index contributed by atoms with van der Waals surface area (Å²) in [5.41, 5.74) is 4.95. The molecule has 0 unspecified atom stereocenters. The van der Waals surface area contributed by atoms with Gasteiger partial charge in [-0.05, 0) is 60.5 Å². The number of H-pyrrole nitrogens is 1. The molecular weight excluding hydrogens is 279 g/mol. The lowest BCUT2D eigenvalue weighted by Crippen LogP contribution is -1.93. The molecule has 3 aromatic rings. The normalized spacial score (nSPS) is 10.7. The Hall–Kier alpha value is -2.62. The molecule has 0 fully saturated rings. The van der Waals surface area contributed by atoms with Crippen LogP contribution in [-0.4, -0.2) is 17.3 Å². The summed E-state index contributed by atoms with van der Waals surface area (Å²) in [6.45, 7) is 1.92. The number of nitrogens with one attached hydrogen (secondary N) is 1. The monoisotopic (exact) mass is 296 g/mol. The zero-order chi connectivity index (χ0) is 15.5. The lowest BCUT2D eigenvalue weighted by Gasteiger charge is -2.03. The molecule has 2 aromatic carbocycles. The average Bonchev–Trinajstić information content (AvgIpc) is 2.99. The molecule has 0 aliphatic rings. The number of aromatic nitrogens is 2. The van der Waals surface area contributed by atoms with E-state index in [-0.39, 0.29) is 5.82 Å². The van der Waals surface area contributed by atoms with Crippen molar-refractivity contribution in [3.63, 3.8) is 0 Å². The van der Waals surface area contributed by atoms with Gasteiger partial charge in [0.2, 0.25) is 0 Å². The van der Waals surface area contributed by atoms with Gasteiger partial charge in [-0.2, -0.15) is 5.10 Å². The number of methoxy groups -OCH3 is 1. The van der Waals surface area contributed by atoms with E-state index in [0.29, 0.717) is 6.42 Å². The van der Waals surface area contributed by atoms with Crippen LogP contribution >= 0.6 is 0 Å². The van der Waals surface area contributed by atoms with Gasteiger partial charge in [0.15, 0.2) is 0 Å². The first-order valence-electron chi connectivity index (χ1n) is 7.09. The second-order valence-corrected chi connectivity index (χ2v) is 5.25. The van der Waals surface area contributed by atoms with Gasteiger partial charge in [-0.1, -0.05) is 6.07 Å². The molecule has 0 aliphatic carbocycles. The minimum Gasteiger partial charge on any atom is -0.497 e. The van der Waals surface area contributed by atoms with Gasteiger partial charge < -0.3 is 4.74 Å². The third-order valence-corrected chi connectivity index (χ3v) is 3.70. The van der Waals surface area contributed by atoms with Crippen LogP contribution in [0.2, 0.25) is 0 Å².